The van der Waals surface area contributed by atoms with Gasteiger partial charge < -0.3 is 34.5 Å². The summed E-state index contributed by atoms with van der Waals surface area (Å²) in [6.07, 6.45) is 5.16. The molecule has 2 atom stereocenters. The number of nitrogens with zero attached hydrogens (tertiary/aromatic N) is 3. The van der Waals surface area contributed by atoms with Gasteiger partial charge in [-0.25, -0.2) is 19.6 Å². The highest BCUT2D eigenvalue weighted by atomic mass is 16.7. The van der Waals surface area contributed by atoms with Gasteiger partial charge in [0, 0.05) is 26.1 Å². The standard InChI is InChI=1S/C53H69N5O8/c1-9-32-57(50(61)54-34-41-20-13-12-14-21-41)58(51(62)66-52(6,7)8)36-47(59)55-46(33-40-26-28-44(29-27-40)64-38-39(4)5)49(60)56(35-43-24-19-23-42-22-15-16-25-45(42)43)37-48(63-11-3)65-53(10-2)30-17-18-31-53/h9-10,12-16,19-29,39,46,48H,1-2,11,17-18,30-38H2,3-8H3,(H,54,61)(H,55,59)/t46-,48?/m0/s1. The summed E-state index contributed by atoms with van der Waals surface area (Å²) >= 11 is 0. The van der Waals surface area contributed by atoms with Gasteiger partial charge in [-0.05, 0) is 86.1 Å². The number of ether oxygens (including phenoxy) is 4. The van der Waals surface area contributed by atoms with Crippen molar-refractivity contribution in [3.05, 3.63) is 139 Å². The van der Waals surface area contributed by atoms with Crippen molar-refractivity contribution in [2.75, 3.05) is 32.8 Å². The average Bonchev–Trinajstić information content (AvgIpc) is 3.77. The number of hydrogen-bond donors (Lipinski definition) is 2. The van der Waals surface area contributed by atoms with E-state index >= 15 is 4.79 Å². The summed E-state index contributed by atoms with van der Waals surface area (Å²) in [4.78, 5) is 59.5. The molecule has 1 fully saturated rings. The summed E-state index contributed by atoms with van der Waals surface area (Å²) in [6.45, 7) is 19.5. The summed E-state index contributed by atoms with van der Waals surface area (Å²) in [5.74, 6) is -0.110. The first-order valence-electron chi connectivity index (χ1n) is 23.0. The molecule has 0 radical (unpaired) electrons. The molecule has 0 spiro atoms. The second-order valence-electron chi connectivity index (χ2n) is 18.1. The van der Waals surface area contributed by atoms with E-state index < -0.39 is 54.0 Å². The van der Waals surface area contributed by atoms with Crippen molar-refractivity contribution in [2.45, 2.75) is 110 Å². The van der Waals surface area contributed by atoms with E-state index in [9.17, 15) is 14.4 Å². The summed E-state index contributed by atoms with van der Waals surface area (Å²) < 4.78 is 24.6. The monoisotopic (exact) mass is 904 g/mol. The molecule has 1 unspecified atom stereocenters. The quantitative estimate of drug-likeness (QED) is 0.0452. The minimum Gasteiger partial charge on any atom is -0.493 e. The summed E-state index contributed by atoms with van der Waals surface area (Å²) in [5.41, 5.74) is 0.906. The van der Waals surface area contributed by atoms with Crippen molar-refractivity contribution in [2.24, 2.45) is 5.92 Å². The minimum atomic E-state index is -1.16. The molecule has 0 bridgehead atoms. The van der Waals surface area contributed by atoms with Crippen molar-refractivity contribution >= 4 is 34.7 Å². The Bertz CT molecular complexity index is 2210. The van der Waals surface area contributed by atoms with Gasteiger partial charge in [0.2, 0.25) is 11.8 Å². The third-order valence-electron chi connectivity index (χ3n) is 11.1. The number of hydrogen-bond acceptors (Lipinski definition) is 8. The molecule has 13 heteroatoms. The predicted molar refractivity (Wildman–Crippen MR) is 258 cm³/mol. The minimum absolute atomic E-state index is 0.0402. The van der Waals surface area contributed by atoms with E-state index in [2.05, 4.69) is 37.6 Å². The number of urea groups is 1. The molecule has 5 rings (SSSR count). The highest BCUT2D eigenvalue weighted by molar-refractivity contribution is 5.91. The Morgan fingerprint density at radius 2 is 1.53 bits per heavy atom. The topological polar surface area (TPSA) is 139 Å². The van der Waals surface area contributed by atoms with E-state index in [0.717, 1.165) is 63.2 Å². The molecular weight excluding hydrogens is 835 g/mol. The number of hydrazine groups is 1. The normalized spacial score (nSPS) is 14.2. The SMILES string of the molecule is C=CCN(C(=O)NCc1ccccc1)N(CC(=O)N[C@@H](Cc1ccc(OCC(C)C)cc1)C(=O)N(Cc1cccc2ccccc12)CC(OCC)OC1(C=C)CCCC1)C(=O)OC(C)(C)C. The zero-order valence-electron chi connectivity index (χ0n) is 39.6. The smallest absolute Gasteiger partial charge is 0.429 e. The second-order valence-corrected chi connectivity index (χ2v) is 18.1. The molecule has 0 aromatic heterocycles. The van der Waals surface area contributed by atoms with E-state index in [1.165, 1.54) is 6.08 Å². The highest BCUT2D eigenvalue weighted by Crippen LogP contribution is 2.36. The first-order valence-corrected chi connectivity index (χ1v) is 23.0. The third-order valence-corrected chi connectivity index (χ3v) is 11.1. The Kier molecular flexibility index (Phi) is 18.8. The molecule has 1 aliphatic carbocycles. The van der Waals surface area contributed by atoms with E-state index in [1.54, 1.807) is 25.7 Å². The highest BCUT2D eigenvalue weighted by Gasteiger charge is 2.38. The van der Waals surface area contributed by atoms with Crippen LogP contribution in [-0.2, 0) is 43.3 Å². The molecular formula is C53H69N5O8. The van der Waals surface area contributed by atoms with Crippen molar-refractivity contribution in [3.63, 3.8) is 0 Å². The number of carbonyl (C=O) groups is 4. The first-order chi connectivity index (χ1) is 31.6. The van der Waals surface area contributed by atoms with Crippen LogP contribution < -0.4 is 15.4 Å². The summed E-state index contributed by atoms with van der Waals surface area (Å²) in [5, 5.41) is 9.81. The van der Waals surface area contributed by atoms with E-state index in [-0.39, 0.29) is 32.6 Å². The number of carbonyl (C=O) groups excluding carboxylic acids is 4. The van der Waals surface area contributed by atoms with Crippen LogP contribution in [0.1, 0.15) is 83.9 Å². The van der Waals surface area contributed by atoms with Gasteiger partial charge in [0.25, 0.3) is 0 Å². The maximum atomic E-state index is 15.4. The third kappa shape index (κ3) is 15.2. The predicted octanol–water partition coefficient (Wildman–Crippen LogP) is 9.36. The van der Waals surface area contributed by atoms with Crippen LogP contribution in [0.3, 0.4) is 0 Å². The fraction of sp³-hybridized carbons (Fsp3) is 0.434. The summed E-state index contributed by atoms with van der Waals surface area (Å²) in [7, 11) is 0. The fourth-order valence-electron chi connectivity index (χ4n) is 7.82. The fourth-order valence-corrected chi connectivity index (χ4v) is 7.82. The number of benzene rings is 4. The molecule has 5 amide bonds. The lowest BCUT2D eigenvalue weighted by Gasteiger charge is -2.36. The molecule has 1 saturated carbocycles. The van der Waals surface area contributed by atoms with Crippen molar-refractivity contribution in [1.29, 1.82) is 0 Å². The van der Waals surface area contributed by atoms with Crippen LogP contribution in [0.25, 0.3) is 10.8 Å². The lowest BCUT2D eigenvalue weighted by atomic mass is 10.0. The summed E-state index contributed by atoms with van der Waals surface area (Å²) in [6, 6.07) is 28.9. The molecule has 66 heavy (non-hydrogen) atoms. The molecule has 0 heterocycles. The Morgan fingerprint density at radius 1 is 0.848 bits per heavy atom. The number of amides is 5. The second kappa shape index (κ2) is 24.4. The average molecular weight is 904 g/mol. The molecule has 1 aliphatic rings. The Morgan fingerprint density at radius 3 is 2.18 bits per heavy atom. The van der Waals surface area contributed by atoms with Crippen LogP contribution in [0.15, 0.2) is 122 Å². The number of nitrogens with one attached hydrogen (secondary N) is 2. The van der Waals surface area contributed by atoms with Crippen LogP contribution >= 0.6 is 0 Å². The Labute approximate surface area is 391 Å². The van der Waals surface area contributed by atoms with Gasteiger partial charge in [-0.3, -0.25) is 9.59 Å². The molecule has 354 valence electrons. The van der Waals surface area contributed by atoms with Gasteiger partial charge in [-0.1, -0.05) is 124 Å². The van der Waals surface area contributed by atoms with Gasteiger partial charge in [-0.2, -0.15) is 0 Å². The number of rotatable bonds is 22. The van der Waals surface area contributed by atoms with Gasteiger partial charge >= 0.3 is 12.1 Å². The van der Waals surface area contributed by atoms with Crippen molar-refractivity contribution in [3.8, 4) is 5.75 Å². The van der Waals surface area contributed by atoms with Crippen molar-refractivity contribution in [1.82, 2.24) is 25.6 Å². The lowest BCUT2D eigenvalue weighted by Crippen LogP contribution is -2.59. The lowest BCUT2D eigenvalue weighted by molar-refractivity contribution is -0.201. The number of fused-ring (bicyclic) bond motifs is 1. The van der Waals surface area contributed by atoms with Gasteiger partial charge in [0.05, 0.1) is 25.3 Å². The Hall–Kier alpha value is -6.18. The van der Waals surface area contributed by atoms with Gasteiger partial charge in [0.1, 0.15) is 23.9 Å². The molecule has 0 aliphatic heterocycles. The van der Waals surface area contributed by atoms with Crippen LogP contribution in [0.4, 0.5) is 9.59 Å². The van der Waals surface area contributed by atoms with E-state index in [0.29, 0.717) is 24.9 Å². The zero-order valence-corrected chi connectivity index (χ0v) is 39.6. The van der Waals surface area contributed by atoms with Gasteiger partial charge in [0.15, 0.2) is 6.29 Å². The largest absolute Gasteiger partial charge is 0.493 e. The molecule has 0 saturated heterocycles. The molecule has 2 N–H and O–H groups in total. The van der Waals surface area contributed by atoms with Crippen molar-refractivity contribution < 1.29 is 38.1 Å². The van der Waals surface area contributed by atoms with Crippen LogP contribution in [0.2, 0.25) is 0 Å². The Balaban J connectivity index is 1.52. The van der Waals surface area contributed by atoms with E-state index in [4.69, 9.17) is 18.9 Å². The van der Waals surface area contributed by atoms with Crippen LogP contribution in [0, 0.1) is 5.92 Å². The van der Waals surface area contributed by atoms with Gasteiger partial charge in [-0.15, -0.1) is 13.2 Å². The molecule has 4 aromatic carbocycles. The van der Waals surface area contributed by atoms with Crippen LogP contribution in [-0.4, -0.2) is 95.2 Å². The zero-order chi connectivity index (χ0) is 47.7. The maximum absolute atomic E-state index is 15.4. The van der Waals surface area contributed by atoms with E-state index in [1.807, 2.05) is 110 Å². The van der Waals surface area contributed by atoms with Crippen LogP contribution in [0.5, 0.6) is 5.75 Å². The molecule has 13 nitrogen and oxygen atoms in total. The first kappa shape index (κ1) is 50.8. The molecule has 4 aromatic rings. The maximum Gasteiger partial charge on any atom is 0.429 e.